The van der Waals surface area contributed by atoms with Crippen molar-refractivity contribution >= 4 is 5.91 Å². The number of amides is 1. The predicted octanol–water partition coefficient (Wildman–Crippen LogP) is 2.44. The Morgan fingerprint density at radius 3 is 2.80 bits per heavy atom. The molecule has 5 heteroatoms. The summed E-state index contributed by atoms with van der Waals surface area (Å²) in [6.07, 6.45) is 0. The van der Waals surface area contributed by atoms with Crippen molar-refractivity contribution in [1.82, 2.24) is 10.1 Å². The quantitative estimate of drug-likeness (QED) is 0.840. The van der Waals surface area contributed by atoms with Gasteiger partial charge in [0.2, 0.25) is 5.76 Å². The van der Waals surface area contributed by atoms with E-state index < -0.39 is 0 Å². The van der Waals surface area contributed by atoms with E-state index >= 15 is 0 Å². The molecule has 1 amide bonds. The molecule has 106 valence electrons. The average Bonchev–Trinajstić information content (AvgIpc) is 2.84. The first-order valence-corrected chi connectivity index (χ1v) is 6.44. The van der Waals surface area contributed by atoms with Crippen molar-refractivity contribution in [2.24, 2.45) is 0 Å². The lowest BCUT2D eigenvalue weighted by atomic mass is 10.2. The van der Waals surface area contributed by atoms with Crippen molar-refractivity contribution in [2.75, 3.05) is 20.2 Å². The summed E-state index contributed by atoms with van der Waals surface area (Å²) in [5.41, 5.74) is 1.84. The van der Waals surface area contributed by atoms with E-state index in [0.29, 0.717) is 18.8 Å². The van der Waals surface area contributed by atoms with Gasteiger partial charge in [-0.05, 0) is 31.5 Å². The Hall–Kier alpha value is -2.30. The van der Waals surface area contributed by atoms with Gasteiger partial charge in [0, 0.05) is 13.1 Å². The van der Waals surface area contributed by atoms with Gasteiger partial charge >= 0.3 is 0 Å². The van der Waals surface area contributed by atoms with Crippen LogP contribution in [0.3, 0.4) is 0 Å². The maximum Gasteiger partial charge on any atom is 0.292 e. The molecule has 0 spiro atoms. The average molecular weight is 274 g/mol. The third kappa shape index (κ3) is 3.60. The lowest BCUT2D eigenvalue weighted by Crippen LogP contribution is -2.30. The number of hydrogen-bond donors (Lipinski definition) is 0. The summed E-state index contributed by atoms with van der Waals surface area (Å²) >= 11 is 0. The van der Waals surface area contributed by atoms with Gasteiger partial charge in [0.1, 0.15) is 12.4 Å². The molecule has 0 atom stereocenters. The molecule has 1 heterocycles. The zero-order valence-corrected chi connectivity index (χ0v) is 11.9. The van der Waals surface area contributed by atoms with Gasteiger partial charge in [-0.25, -0.2) is 0 Å². The minimum Gasteiger partial charge on any atom is -0.492 e. The van der Waals surface area contributed by atoms with Crippen molar-refractivity contribution in [3.8, 4) is 5.75 Å². The zero-order valence-electron chi connectivity index (χ0n) is 11.9. The van der Waals surface area contributed by atoms with Gasteiger partial charge in [0.15, 0.2) is 0 Å². The maximum absolute atomic E-state index is 12.0. The van der Waals surface area contributed by atoms with Gasteiger partial charge in [-0.1, -0.05) is 17.3 Å². The first-order valence-electron chi connectivity index (χ1n) is 6.44. The Bertz CT molecular complexity index is 592. The van der Waals surface area contributed by atoms with Crippen LogP contribution in [0.5, 0.6) is 5.75 Å². The highest BCUT2D eigenvalue weighted by molar-refractivity contribution is 5.91. The number of ether oxygens (including phenoxy) is 1. The van der Waals surface area contributed by atoms with E-state index in [1.807, 2.05) is 31.2 Å². The van der Waals surface area contributed by atoms with Crippen LogP contribution in [0.2, 0.25) is 0 Å². The number of likely N-dealkylation sites (N-methyl/N-ethyl adjacent to an activating group) is 1. The SMILES string of the molecule is Cc1cccc(OCCN(C)C(=O)c2cc(C)no2)c1. The number of aryl methyl sites for hydroxylation is 2. The zero-order chi connectivity index (χ0) is 14.5. The van der Waals surface area contributed by atoms with Crippen molar-refractivity contribution in [2.45, 2.75) is 13.8 Å². The fourth-order valence-corrected chi connectivity index (χ4v) is 1.76. The van der Waals surface area contributed by atoms with Crippen molar-refractivity contribution in [3.05, 3.63) is 47.3 Å². The summed E-state index contributed by atoms with van der Waals surface area (Å²) in [7, 11) is 1.71. The fraction of sp³-hybridized carbons (Fsp3) is 0.333. The Labute approximate surface area is 118 Å². The van der Waals surface area contributed by atoms with Gasteiger partial charge in [0.25, 0.3) is 5.91 Å². The first-order chi connectivity index (χ1) is 9.56. The molecule has 1 aromatic heterocycles. The second-order valence-electron chi connectivity index (χ2n) is 4.72. The lowest BCUT2D eigenvalue weighted by molar-refractivity contribution is 0.0732. The molecule has 0 saturated carbocycles. The Morgan fingerprint density at radius 2 is 2.15 bits per heavy atom. The van der Waals surface area contributed by atoms with Crippen LogP contribution in [0.4, 0.5) is 0 Å². The molecule has 20 heavy (non-hydrogen) atoms. The van der Waals surface area contributed by atoms with Crippen LogP contribution < -0.4 is 4.74 Å². The largest absolute Gasteiger partial charge is 0.492 e. The van der Waals surface area contributed by atoms with Gasteiger partial charge < -0.3 is 14.2 Å². The molecule has 0 N–H and O–H groups in total. The van der Waals surface area contributed by atoms with Crippen molar-refractivity contribution in [1.29, 1.82) is 0 Å². The molecular formula is C15H18N2O3. The number of carbonyl (C=O) groups excluding carboxylic acids is 1. The minimum absolute atomic E-state index is 0.196. The molecule has 2 aromatic rings. The molecule has 2 rings (SSSR count). The second-order valence-corrected chi connectivity index (χ2v) is 4.72. The third-order valence-corrected chi connectivity index (χ3v) is 2.87. The molecule has 0 aliphatic heterocycles. The Kier molecular flexibility index (Phi) is 4.40. The molecule has 0 fully saturated rings. The van der Waals surface area contributed by atoms with Crippen LogP contribution in [0.1, 0.15) is 21.8 Å². The molecule has 0 saturated heterocycles. The maximum atomic E-state index is 12.0. The molecule has 1 aromatic carbocycles. The van der Waals surface area contributed by atoms with Gasteiger partial charge in [-0.3, -0.25) is 4.79 Å². The van der Waals surface area contributed by atoms with Crippen molar-refractivity contribution in [3.63, 3.8) is 0 Å². The highest BCUT2D eigenvalue weighted by atomic mass is 16.5. The molecular weight excluding hydrogens is 256 g/mol. The van der Waals surface area contributed by atoms with Crippen LogP contribution in [0, 0.1) is 13.8 Å². The molecule has 0 aliphatic rings. The summed E-state index contributed by atoms with van der Waals surface area (Å²) in [5.74, 6) is 0.861. The van der Waals surface area contributed by atoms with Crippen LogP contribution in [0.25, 0.3) is 0 Å². The van der Waals surface area contributed by atoms with E-state index in [-0.39, 0.29) is 11.7 Å². The molecule has 0 radical (unpaired) electrons. The van der Waals surface area contributed by atoms with Gasteiger partial charge in [0.05, 0.1) is 12.2 Å². The fourth-order valence-electron chi connectivity index (χ4n) is 1.76. The van der Waals surface area contributed by atoms with E-state index in [0.717, 1.165) is 11.3 Å². The lowest BCUT2D eigenvalue weighted by Gasteiger charge is -2.15. The van der Waals surface area contributed by atoms with Gasteiger partial charge in [-0.15, -0.1) is 0 Å². The molecule has 0 unspecified atom stereocenters. The van der Waals surface area contributed by atoms with E-state index in [2.05, 4.69) is 5.16 Å². The number of rotatable bonds is 5. The summed E-state index contributed by atoms with van der Waals surface area (Å²) in [6.45, 7) is 4.70. The van der Waals surface area contributed by atoms with Crippen molar-refractivity contribution < 1.29 is 14.1 Å². The smallest absolute Gasteiger partial charge is 0.292 e. The second kappa shape index (κ2) is 6.23. The minimum atomic E-state index is -0.196. The first kappa shape index (κ1) is 14.1. The summed E-state index contributed by atoms with van der Waals surface area (Å²) in [5, 5.41) is 3.70. The topological polar surface area (TPSA) is 55.6 Å². The third-order valence-electron chi connectivity index (χ3n) is 2.87. The Balaban J connectivity index is 1.83. The molecule has 0 aliphatic carbocycles. The van der Waals surface area contributed by atoms with E-state index in [1.54, 1.807) is 24.9 Å². The normalized spacial score (nSPS) is 10.3. The van der Waals surface area contributed by atoms with E-state index in [4.69, 9.17) is 9.26 Å². The van der Waals surface area contributed by atoms with Crippen LogP contribution >= 0.6 is 0 Å². The van der Waals surface area contributed by atoms with Crippen LogP contribution in [0.15, 0.2) is 34.9 Å². The highest BCUT2D eigenvalue weighted by Crippen LogP contribution is 2.12. The number of benzene rings is 1. The van der Waals surface area contributed by atoms with Crippen LogP contribution in [-0.4, -0.2) is 36.2 Å². The van der Waals surface area contributed by atoms with Gasteiger partial charge in [-0.2, -0.15) is 0 Å². The molecule has 5 nitrogen and oxygen atoms in total. The number of aromatic nitrogens is 1. The Morgan fingerprint density at radius 1 is 1.35 bits per heavy atom. The molecule has 0 bridgehead atoms. The monoisotopic (exact) mass is 274 g/mol. The number of carbonyl (C=O) groups is 1. The van der Waals surface area contributed by atoms with E-state index in [1.165, 1.54) is 0 Å². The number of hydrogen-bond acceptors (Lipinski definition) is 4. The summed E-state index contributed by atoms with van der Waals surface area (Å²) in [4.78, 5) is 13.5. The standard InChI is InChI=1S/C15H18N2O3/c1-11-5-4-6-13(9-11)19-8-7-17(3)15(18)14-10-12(2)16-20-14/h4-6,9-10H,7-8H2,1-3H3. The summed E-state index contributed by atoms with van der Waals surface area (Å²) < 4.78 is 10.6. The van der Waals surface area contributed by atoms with Crippen LogP contribution in [-0.2, 0) is 0 Å². The van der Waals surface area contributed by atoms with E-state index in [9.17, 15) is 4.79 Å². The number of nitrogens with zero attached hydrogens (tertiary/aromatic N) is 2. The summed E-state index contributed by atoms with van der Waals surface area (Å²) in [6, 6.07) is 9.43. The predicted molar refractivity (Wildman–Crippen MR) is 74.9 cm³/mol. The highest BCUT2D eigenvalue weighted by Gasteiger charge is 2.16.